The molecule has 0 aromatic heterocycles. The van der Waals surface area contributed by atoms with E-state index >= 15 is 0 Å². The summed E-state index contributed by atoms with van der Waals surface area (Å²) in [5.74, 6) is 0. The maximum absolute atomic E-state index is 11.1. The first-order valence-electron chi connectivity index (χ1n) is 5.09. The van der Waals surface area contributed by atoms with E-state index in [1.54, 1.807) is 0 Å². The summed E-state index contributed by atoms with van der Waals surface area (Å²) in [5, 5.41) is 0. The Morgan fingerprint density at radius 3 is 1.56 bits per heavy atom. The van der Waals surface area contributed by atoms with Crippen molar-refractivity contribution < 1.29 is 25.8 Å². The van der Waals surface area contributed by atoms with Crippen LogP contribution in [0.15, 0.2) is 30.3 Å². The van der Waals surface area contributed by atoms with E-state index in [-0.39, 0.29) is 0 Å². The summed E-state index contributed by atoms with van der Waals surface area (Å²) >= 11 is 0. The van der Waals surface area contributed by atoms with Gasteiger partial charge >= 0.3 is 15.6 Å². The Kier molecular flexibility index (Phi) is 9.56. The van der Waals surface area contributed by atoms with E-state index < -0.39 is 15.6 Å². The van der Waals surface area contributed by atoms with Gasteiger partial charge in [-0.25, -0.2) is 0 Å². The molecule has 106 valence electrons. The third-order valence-electron chi connectivity index (χ3n) is 1.44. The quantitative estimate of drug-likeness (QED) is 0.586. The lowest BCUT2D eigenvalue weighted by atomic mass is 10.2. The molecule has 0 saturated heterocycles. The monoisotopic (exact) mass is 286 g/mol. The Labute approximate surface area is 106 Å². The lowest BCUT2D eigenvalue weighted by molar-refractivity contribution is -0.0526. The minimum atomic E-state index is -5.34. The van der Waals surface area contributed by atoms with E-state index in [9.17, 15) is 21.6 Å². The van der Waals surface area contributed by atoms with Crippen molar-refractivity contribution in [1.82, 2.24) is 0 Å². The van der Waals surface area contributed by atoms with Crippen molar-refractivity contribution in [2.24, 2.45) is 0 Å². The summed E-state index contributed by atoms with van der Waals surface area (Å²) in [6.07, 6.45) is 0. The smallest absolute Gasteiger partial charge is 0.267 e. The van der Waals surface area contributed by atoms with Gasteiger partial charge in [-0.1, -0.05) is 49.7 Å². The molecule has 18 heavy (non-hydrogen) atoms. The first-order valence-corrected chi connectivity index (χ1v) is 6.50. The molecule has 0 saturated carbocycles. The van der Waals surface area contributed by atoms with Gasteiger partial charge in [0.05, 0.1) is 7.11 Å². The van der Waals surface area contributed by atoms with Crippen LogP contribution in [0.4, 0.5) is 13.2 Å². The summed E-state index contributed by atoms with van der Waals surface area (Å²) in [4.78, 5) is 0. The highest BCUT2D eigenvalue weighted by molar-refractivity contribution is 7.87. The van der Waals surface area contributed by atoms with Crippen LogP contribution in [0.25, 0.3) is 0 Å². The van der Waals surface area contributed by atoms with Gasteiger partial charge in [0.2, 0.25) is 0 Å². The third kappa shape index (κ3) is 8.08. The van der Waals surface area contributed by atoms with Crippen LogP contribution in [-0.2, 0) is 14.3 Å². The van der Waals surface area contributed by atoms with Gasteiger partial charge < -0.3 is 0 Å². The van der Waals surface area contributed by atoms with Crippen molar-refractivity contribution in [3.8, 4) is 0 Å². The summed E-state index contributed by atoms with van der Waals surface area (Å²) in [6, 6.07) is 10.3. The number of alkyl halides is 3. The van der Waals surface area contributed by atoms with Crippen LogP contribution < -0.4 is 0 Å². The molecule has 0 spiro atoms. The topological polar surface area (TPSA) is 43.4 Å². The first-order chi connectivity index (χ1) is 8.20. The van der Waals surface area contributed by atoms with Crippen molar-refractivity contribution in [1.29, 1.82) is 0 Å². The Hall–Kier alpha value is -1.08. The second kappa shape index (κ2) is 8.93. The zero-order chi connectivity index (χ0) is 14.8. The van der Waals surface area contributed by atoms with Gasteiger partial charge in [0.15, 0.2) is 0 Å². The van der Waals surface area contributed by atoms with Crippen molar-refractivity contribution in [3.63, 3.8) is 0 Å². The van der Waals surface area contributed by atoms with Crippen LogP contribution in [-0.4, -0.2) is 21.0 Å². The van der Waals surface area contributed by atoms with Crippen molar-refractivity contribution in [2.45, 2.75) is 26.3 Å². The molecule has 0 heterocycles. The van der Waals surface area contributed by atoms with E-state index in [4.69, 9.17) is 0 Å². The average Bonchev–Trinajstić information content (AvgIpc) is 2.32. The van der Waals surface area contributed by atoms with Crippen LogP contribution in [0.2, 0.25) is 0 Å². The van der Waals surface area contributed by atoms with E-state index in [0.29, 0.717) is 7.11 Å². The van der Waals surface area contributed by atoms with Crippen molar-refractivity contribution >= 4 is 10.1 Å². The number of hydrogen-bond acceptors (Lipinski definition) is 3. The number of aryl methyl sites for hydroxylation is 1. The predicted octanol–water partition coefficient (Wildman–Crippen LogP) is 3.50. The van der Waals surface area contributed by atoms with Crippen LogP contribution in [0, 0.1) is 6.92 Å². The minimum absolute atomic E-state index is 0.447. The zero-order valence-electron chi connectivity index (χ0n) is 10.7. The molecule has 0 aliphatic rings. The van der Waals surface area contributed by atoms with Crippen molar-refractivity contribution in [2.75, 3.05) is 7.11 Å². The zero-order valence-corrected chi connectivity index (χ0v) is 11.5. The van der Waals surface area contributed by atoms with Gasteiger partial charge in [0.1, 0.15) is 0 Å². The Bertz CT molecular complexity index is 399. The minimum Gasteiger partial charge on any atom is -0.267 e. The van der Waals surface area contributed by atoms with Gasteiger partial charge in [-0.3, -0.25) is 4.18 Å². The molecule has 1 aromatic carbocycles. The standard InChI is InChI=1S/C7H8.C2H3F3O3S.C2H6/c1-7-5-3-2-4-6-7;1-8-9(6,7)2(3,4)5;1-2/h2-6H,1H3;1H3;1-2H3. The number of benzene rings is 1. The highest BCUT2D eigenvalue weighted by atomic mass is 32.2. The van der Waals surface area contributed by atoms with Crippen LogP contribution in [0.3, 0.4) is 0 Å². The fourth-order valence-corrected chi connectivity index (χ4v) is 0.818. The van der Waals surface area contributed by atoms with Gasteiger partial charge in [-0.2, -0.15) is 21.6 Å². The van der Waals surface area contributed by atoms with Crippen LogP contribution in [0.1, 0.15) is 19.4 Å². The molecular weight excluding hydrogens is 269 g/mol. The second-order valence-corrected chi connectivity index (χ2v) is 4.43. The first kappa shape index (κ1) is 19.3. The molecule has 0 radical (unpaired) electrons. The van der Waals surface area contributed by atoms with E-state index in [0.717, 1.165) is 0 Å². The fraction of sp³-hybridized carbons (Fsp3) is 0.455. The highest BCUT2D eigenvalue weighted by Gasteiger charge is 2.46. The molecule has 0 unspecified atom stereocenters. The molecule has 0 aliphatic heterocycles. The number of hydrogen-bond donors (Lipinski definition) is 0. The normalized spacial score (nSPS) is 10.6. The van der Waals surface area contributed by atoms with E-state index in [2.05, 4.69) is 23.2 Å². The summed E-state index contributed by atoms with van der Waals surface area (Å²) in [7, 11) is -4.89. The van der Waals surface area contributed by atoms with Crippen LogP contribution in [0.5, 0.6) is 0 Å². The van der Waals surface area contributed by atoms with Gasteiger partial charge in [0, 0.05) is 0 Å². The molecule has 0 amide bonds. The molecule has 0 aliphatic carbocycles. The molecule has 7 heteroatoms. The lowest BCUT2D eigenvalue weighted by Crippen LogP contribution is -2.23. The summed E-state index contributed by atoms with van der Waals surface area (Å²) in [5.41, 5.74) is -3.98. The Balaban J connectivity index is 0. The fourth-order valence-electron chi connectivity index (χ4n) is 0.629. The molecule has 0 atom stereocenters. The Morgan fingerprint density at radius 1 is 1.06 bits per heavy atom. The number of halogens is 3. The molecule has 1 aromatic rings. The lowest BCUT2D eigenvalue weighted by Gasteiger charge is -2.02. The van der Waals surface area contributed by atoms with Gasteiger partial charge in [-0.05, 0) is 6.92 Å². The SMILES string of the molecule is CC.COS(=O)(=O)C(F)(F)F.Cc1ccccc1. The molecular formula is C11H17F3O3S. The third-order valence-corrected chi connectivity index (χ3v) is 2.45. The largest absolute Gasteiger partial charge is 0.523 e. The predicted molar refractivity (Wildman–Crippen MR) is 64.5 cm³/mol. The highest BCUT2D eigenvalue weighted by Crippen LogP contribution is 2.23. The Morgan fingerprint density at radius 2 is 1.44 bits per heavy atom. The van der Waals surface area contributed by atoms with Crippen molar-refractivity contribution in [3.05, 3.63) is 35.9 Å². The molecule has 3 nitrogen and oxygen atoms in total. The maximum atomic E-state index is 11.1. The summed E-state index contributed by atoms with van der Waals surface area (Å²) in [6.45, 7) is 6.08. The summed E-state index contributed by atoms with van der Waals surface area (Å²) < 4.78 is 55.9. The molecule has 0 bridgehead atoms. The van der Waals surface area contributed by atoms with E-state index in [1.807, 2.05) is 32.0 Å². The van der Waals surface area contributed by atoms with E-state index in [1.165, 1.54) is 5.56 Å². The molecule has 0 fully saturated rings. The second-order valence-electron chi connectivity index (χ2n) is 2.72. The molecule has 0 N–H and O–H groups in total. The van der Waals surface area contributed by atoms with Gasteiger partial charge in [-0.15, -0.1) is 0 Å². The molecule has 1 rings (SSSR count). The van der Waals surface area contributed by atoms with Crippen LogP contribution >= 0.6 is 0 Å². The maximum Gasteiger partial charge on any atom is 0.523 e. The van der Waals surface area contributed by atoms with Gasteiger partial charge in [0.25, 0.3) is 0 Å². The number of rotatable bonds is 1. The average molecular weight is 286 g/mol.